The smallest absolute Gasteiger partial charge is 0.411 e. The number of cyclic esters (lactones) is 1. The molecule has 7 nitrogen and oxygen atoms in total. The van der Waals surface area contributed by atoms with Gasteiger partial charge in [-0.2, -0.15) is 0 Å². The molecule has 0 saturated carbocycles. The third kappa shape index (κ3) is 5.84. The van der Waals surface area contributed by atoms with Gasteiger partial charge in [0, 0.05) is 18.7 Å². The van der Waals surface area contributed by atoms with Gasteiger partial charge < -0.3 is 15.4 Å². The van der Waals surface area contributed by atoms with Crippen molar-refractivity contribution in [1.29, 1.82) is 0 Å². The van der Waals surface area contributed by atoms with Gasteiger partial charge in [0.2, 0.25) is 11.8 Å². The van der Waals surface area contributed by atoms with Gasteiger partial charge in [0.15, 0.2) is 12.1 Å². The summed E-state index contributed by atoms with van der Waals surface area (Å²) in [5.41, 5.74) is 2.82. The van der Waals surface area contributed by atoms with Crippen LogP contribution in [0.15, 0.2) is 78.9 Å². The SMILES string of the molecule is CCC(=O)Nc1ccc([C@H]2OC(=O)N(Cc3ccc(F)cc3)[C@H]2C(=O)NCc2ccccc2)cc1. The highest BCUT2D eigenvalue weighted by molar-refractivity contribution is 5.91. The summed E-state index contributed by atoms with van der Waals surface area (Å²) in [6, 6.07) is 21.1. The number of carbonyl (C=O) groups is 3. The lowest BCUT2D eigenvalue weighted by Gasteiger charge is -2.24. The molecule has 180 valence electrons. The number of carbonyl (C=O) groups excluding carboxylic acids is 3. The molecule has 1 fully saturated rings. The summed E-state index contributed by atoms with van der Waals surface area (Å²) in [5, 5.41) is 5.67. The van der Waals surface area contributed by atoms with E-state index < -0.39 is 18.2 Å². The zero-order valence-electron chi connectivity index (χ0n) is 19.2. The van der Waals surface area contributed by atoms with Crippen molar-refractivity contribution >= 4 is 23.6 Å². The molecule has 0 unspecified atom stereocenters. The van der Waals surface area contributed by atoms with Crippen LogP contribution in [0.25, 0.3) is 0 Å². The molecule has 1 saturated heterocycles. The fraction of sp³-hybridized carbons (Fsp3) is 0.222. The summed E-state index contributed by atoms with van der Waals surface area (Å²) in [6.07, 6.45) is -1.14. The Kier molecular flexibility index (Phi) is 7.40. The quantitative estimate of drug-likeness (QED) is 0.500. The Labute approximate surface area is 202 Å². The summed E-state index contributed by atoms with van der Waals surface area (Å²) in [4.78, 5) is 39.2. The maximum absolute atomic E-state index is 13.4. The summed E-state index contributed by atoms with van der Waals surface area (Å²) < 4.78 is 19.0. The number of halogens is 1. The van der Waals surface area contributed by atoms with Crippen molar-refractivity contribution in [3.05, 3.63) is 101 Å². The van der Waals surface area contributed by atoms with E-state index in [1.807, 2.05) is 30.3 Å². The van der Waals surface area contributed by atoms with Gasteiger partial charge in [-0.25, -0.2) is 9.18 Å². The van der Waals surface area contributed by atoms with Gasteiger partial charge in [-0.05, 0) is 41.0 Å². The highest BCUT2D eigenvalue weighted by atomic mass is 19.1. The summed E-state index contributed by atoms with van der Waals surface area (Å²) in [7, 11) is 0. The molecule has 0 aliphatic carbocycles. The highest BCUT2D eigenvalue weighted by Crippen LogP contribution is 2.34. The molecule has 2 atom stereocenters. The molecule has 3 aromatic carbocycles. The summed E-state index contributed by atoms with van der Waals surface area (Å²) in [6.45, 7) is 2.14. The first-order chi connectivity index (χ1) is 16.9. The monoisotopic (exact) mass is 475 g/mol. The van der Waals surface area contributed by atoms with E-state index in [9.17, 15) is 18.8 Å². The minimum absolute atomic E-state index is 0.0870. The van der Waals surface area contributed by atoms with Crippen LogP contribution in [0.5, 0.6) is 0 Å². The summed E-state index contributed by atoms with van der Waals surface area (Å²) in [5.74, 6) is -0.869. The van der Waals surface area contributed by atoms with Crippen molar-refractivity contribution in [2.75, 3.05) is 5.32 Å². The van der Waals surface area contributed by atoms with Crippen LogP contribution in [0.2, 0.25) is 0 Å². The first kappa shape index (κ1) is 23.9. The second-order valence-electron chi connectivity index (χ2n) is 8.23. The van der Waals surface area contributed by atoms with Crippen molar-refractivity contribution in [2.45, 2.75) is 38.6 Å². The van der Waals surface area contributed by atoms with Crippen LogP contribution in [0, 0.1) is 5.82 Å². The van der Waals surface area contributed by atoms with Gasteiger partial charge in [0.25, 0.3) is 0 Å². The number of hydrogen-bond donors (Lipinski definition) is 2. The van der Waals surface area contributed by atoms with E-state index in [0.717, 1.165) is 5.56 Å². The lowest BCUT2D eigenvalue weighted by Crippen LogP contribution is -2.46. The highest BCUT2D eigenvalue weighted by Gasteiger charge is 2.46. The molecule has 1 heterocycles. The van der Waals surface area contributed by atoms with Crippen molar-refractivity contribution < 1.29 is 23.5 Å². The summed E-state index contributed by atoms with van der Waals surface area (Å²) >= 11 is 0. The van der Waals surface area contributed by atoms with Crippen LogP contribution in [-0.4, -0.2) is 28.8 Å². The molecule has 3 amide bonds. The lowest BCUT2D eigenvalue weighted by atomic mass is 10.00. The van der Waals surface area contributed by atoms with E-state index in [1.54, 1.807) is 43.3 Å². The number of amides is 3. The van der Waals surface area contributed by atoms with Crippen LogP contribution in [-0.2, 0) is 27.4 Å². The molecule has 0 aromatic heterocycles. The standard InChI is InChI=1S/C27H26FN3O4/c1-2-23(32)30-22-14-10-20(11-15-22)25-24(26(33)29-16-18-6-4-3-5-7-18)31(27(34)35-25)17-19-8-12-21(28)13-9-19/h3-15,24-25H,2,16-17H2,1H3,(H,29,33)(H,30,32)/t24-,25-/m1/s1. The van der Waals surface area contributed by atoms with Crippen LogP contribution in [0.1, 0.15) is 36.1 Å². The van der Waals surface area contributed by atoms with Crippen LogP contribution in [0.4, 0.5) is 14.9 Å². The first-order valence-corrected chi connectivity index (χ1v) is 11.4. The number of benzene rings is 3. The van der Waals surface area contributed by atoms with Gasteiger partial charge in [0.05, 0.1) is 6.54 Å². The topological polar surface area (TPSA) is 87.7 Å². The number of ether oxygens (including phenoxy) is 1. The minimum Gasteiger partial charge on any atom is -0.438 e. The number of nitrogens with one attached hydrogen (secondary N) is 2. The molecular formula is C27H26FN3O4. The molecule has 0 bridgehead atoms. The van der Waals surface area contributed by atoms with Crippen molar-refractivity contribution in [1.82, 2.24) is 10.2 Å². The van der Waals surface area contributed by atoms with Crippen LogP contribution >= 0.6 is 0 Å². The normalized spacial score (nSPS) is 17.1. The number of anilines is 1. The van der Waals surface area contributed by atoms with Gasteiger partial charge in [-0.1, -0.05) is 61.5 Å². The second kappa shape index (κ2) is 10.8. The zero-order valence-corrected chi connectivity index (χ0v) is 19.2. The number of nitrogens with zero attached hydrogens (tertiary/aromatic N) is 1. The molecular weight excluding hydrogens is 449 g/mol. The molecule has 0 radical (unpaired) electrons. The van der Waals surface area contributed by atoms with E-state index in [1.165, 1.54) is 17.0 Å². The molecule has 1 aliphatic rings. The first-order valence-electron chi connectivity index (χ1n) is 11.4. The lowest BCUT2D eigenvalue weighted by molar-refractivity contribution is -0.126. The number of rotatable bonds is 8. The van der Waals surface area contributed by atoms with Crippen LogP contribution in [0.3, 0.4) is 0 Å². The average molecular weight is 476 g/mol. The van der Waals surface area contributed by atoms with Crippen molar-refractivity contribution in [2.24, 2.45) is 0 Å². The molecule has 1 aliphatic heterocycles. The van der Waals surface area contributed by atoms with Gasteiger partial charge in [-0.15, -0.1) is 0 Å². The van der Waals surface area contributed by atoms with E-state index in [0.29, 0.717) is 29.8 Å². The predicted octanol–water partition coefficient (Wildman–Crippen LogP) is 4.55. The Balaban J connectivity index is 1.58. The molecule has 4 rings (SSSR count). The molecule has 0 spiro atoms. The Morgan fingerprint density at radius 1 is 0.943 bits per heavy atom. The minimum atomic E-state index is -0.938. The van der Waals surface area contributed by atoms with E-state index >= 15 is 0 Å². The Morgan fingerprint density at radius 2 is 1.63 bits per heavy atom. The second-order valence-corrected chi connectivity index (χ2v) is 8.23. The molecule has 3 aromatic rings. The van der Waals surface area contributed by atoms with E-state index in [4.69, 9.17) is 4.74 Å². The largest absolute Gasteiger partial charge is 0.438 e. The predicted molar refractivity (Wildman–Crippen MR) is 129 cm³/mol. The number of hydrogen-bond acceptors (Lipinski definition) is 4. The van der Waals surface area contributed by atoms with E-state index in [2.05, 4.69) is 10.6 Å². The maximum Gasteiger partial charge on any atom is 0.411 e. The van der Waals surface area contributed by atoms with Crippen LogP contribution < -0.4 is 10.6 Å². The van der Waals surface area contributed by atoms with Crippen molar-refractivity contribution in [3.63, 3.8) is 0 Å². The Morgan fingerprint density at radius 3 is 2.29 bits per heavy atom. The third-order valence-electron chi connectivity index (χ3n) is 5.77. The van der Waals surface area contributed by atoms with Crippen molar-refractivity contribution in [3.8, 4) is 0 Å². The van der Waals surface area contributed by atoms with E-state index in [-0.39, 0.29) is 24.2 Å². The molecule has 2 N–H and O–H groups in total. The Bertz CT molecular complexity index is 1180. The Hall–Kier alpha value is -4.20. The van der Waals surface area contributed by atoms with Gasteiger partial charge in [0.1, 0.15) is 5.82 Å². The molecule has 8 heteroatoms. The zero-order chi connectivity index (χ0) is 24.8. The van der Waals surface area contributed by atoms with Gasteiger partial charge in [-0.3, -0.25) is 14.5 Å². The average Bonchev–Trinajstić information content (AvgIpc) is 3.20. The third-order valence-corrected chi connectivity index (χ3v) is 5.77. The molecule has 35 heavy (non-hydrogen) atoms. The fourth-order valence-electron chi connectivity index (χ4n) is 3.89. The maximum atomic E-state index is 13.4. The van der Waals surface area contributed by atoms with Gasteiger partial charge >= 0.3 is 6.09 Å². The fourth-order valence-corrected chi connectivity index (χ4v) is 3.89.